The fraction of sp³-hybridized carbons (Fsp3) is 0.333. The molecule has 1 aliphatic heterocycles. The van der Waals surface area contributed by atoms with Crippen LogP contribution in [0.5, 0.6) is 0 Å². The molecule has 8 heteroatoms. The number of alkyl carbamates (subject to hydrolysis) is 1. The molecule has 0 fully saturated rings. The smallest absolute Gasteiger partial charge is 0.408 e. The number of carbonyl (C=O) groups is 2. The van der Waals surface area contributed by atoms with E-state index in [0.29, 0.717) is 5.56 Å². The van der Waals surface area contributed by atoms with Gasteiger partial charge in [-0.25, -0.2) is 9.59 Å². The summed E-state index contributed by atoms with van der Waals surface area (Å²) >= 11 is 16.4. The third-order valence-corrected chi connectivity index (χ3v) is 2.93. The van der Waals surface area contributed by atoms with E-state index in [-0.39, 0.29) is 6.61 Å². The van der Waals surface area contributed by atoms with Crippen LogP contribution in [0.25, 0.3) is 0 Å². The monoisotopic (exact) mass is 337 g/mol. The Hall–Kier alpha value is -1.17. The van der Waals surface area contributed by atoms with Crippen molar-refractivity contribution in [2.24, 2.45) is 0 Å². The van der Waals surface area contributed by atoms with E-state index < -0.39 is 28.5 Å². The predicted molar refractivity (Wildman–Crippen MR) is 73.8 cm³/mol. The lowest BCUT2D eigenvalue weighted by molar-refractivity contribution is -0.149. The van der Waals surface area contributed by atoms with Gasteiger partial charge < -0.3 is 14.8 Å². The SMILES string of the molecule is O=C(NC1C(=O)OCc2ccccc21)OCC(Cl)(Cl)Cl. The summed E-state index contributed by atoms with van der Waals surface area (Å²) < 4.78 is 7.99. The van der Waals surface area contributed by atoms with Gasteiger partial charge in [-0.1, -0.05) is 59.1 Å². The van der Waals surface area contributed by atoms with Crippen molar-refractivity contribution in [1.82, 2.24) is 5.32 Å². The Morgan fingerprint density at radius 1 is 1.40 bits per heavy atom. The second-order valence-electron chi connectivity index (χ2n) is 4.08. The minimum atomic E-state index is -1.71. The van der Waals surface area contributed by atoms with Crippen molar-refractivity contribution in [2.75, 3.05) is 6.61 Å². The molecular weight excluding hydrogens is 328 g/mol. The average molecular weight is 339 g/mol. The number of halogens is 3. The molecule has 1 aromatic carbocycles. The minimum Gasteiger partial charge on any atom is -0.459 e. The number of ether oxygens (including phenoxy) is 2. The van der Waals surface area contributed by atoms with Gasteiger partial charge in [0, 0.05) is 0 Å². The largest absolute Gasteiger partial charge is 0.459 e. The highest BCUT2D eigenvalue weighted by Crippen LogP contribution is 2.27. The van der Waals surface area contributed by atoms with Crippen LogP contribution in [-0.2, 0) is 20.9 Å². The minimum absolute atomic E-state index is 0.177. The molecule has 0 saturated carbocycles. The van der Waals surface area contributed by atoms with Crippen molar-refractivity contribution in [3.05, 3.63) is 35.4 Å². The number of amides is 1. The van der Waals surface area contributed by atoms with Gasteiger partial charge in [0.05, 0.1) is 0 Å². The van der Waals surface area contributed by atoms with E-state index in [2.05, 4.69) is 5.32 Å². The van der Waals surface area contributed by atoms with Gasteiger partial charge >= 0.3 is 12.1 Å². The lowest BCUT2D eigenvalue weighted by Crippen LogP contribution is -2.38. The first-order valence-electron chi connectivity index (χ1n) is 5.61. The van der Waals surface area contributed by atoms with Crippen molar-refractivity contribution in [3.63, 3.8) is 0 Å². The van der Waals surface area contributed by atoms with Crippen molar-refractivity contribution < 1.29 is 19.1 Å². The number of cyclic esters (lactones) is 1. The van der Waals surface area contributed by atoms with E-state index in [9.17, 15) is 9.59 Å². The highest BCUT2D eigenvalue weighted by atomic mass is 35.6. The molecule has 0 aliphatic carbocycles. The van der Waals surface area contributed by atoms with Gasteiger partial charge in [0.2, 0.25) is 3.79 Å². The number of hydrogen-bond acceptors (Lipinski definition) is 4. The molecule has 108 valence electrons. The van der Waals surface area contributed by atoms with Crippen LogP contribution < -0.4 is 5.32 Å². The summed E-state index contributed by atoms with van der Waals surface area (Å²) in [7, 11) is 0. The predicted octanol–water partition coefficient (Wildman–Crippen LogP) is 2.88. The number of rotatable bonds is 2. The van der Waals surface area contributed by atoms with Gasteiger partial charge in [-0.3, -0.25) is 0 Å². The van der Waals surface area contributed by atoms with Gasteiger partial charge in [-0.2, -0.15) is 0 Å². The third-order valence-electron chi connectivity index (χ3n) is 2.60. The Labute approximate surface area is 130 Å². The Bertz CT molecular complexity index is 530. The molecular formula is C12H10Cl3NO4. The zero-order chi connectivity index (χ0) is 14.8. The number of carbonyl (C=O) groups excluding carboxylic acids is 2. The zero-order valence-electron chi connectivity index (χ0n) is 10.1. The molecule has 0 bridgehead atoms. The summed E-state index contributed by atoms with van der Waals surface area (Å²) in [4.78, 5) is 23.3. The van der Waals surface area contributed by atoms with Crippen LogP contribution in [0.4, 0.5) is 4.79 Å². The van der Waals surface area contributed by atoms with Gasteiger partial charge in [0.15, 0.2) is 6.04 Å². The Balaban J connectivity index is 2.05. The van der Waals surface area contributed by atoms with Crippen molar-refractivity contribution >= 4 is 46.9 Å². The first-order valence-corrected chi connectivity index (χ1v) is 6.75. The molecule has 5 nitrogen and oxygen atoms in total. The topological polar surface area (TPSA) is 64.6 Å². The lowest BCUT2D eigenvalue weighted by Gasteiger charge is -2.25. The molecule has 0 saturated heterocycles. The maximum absolute atomic E-state index is 11.7. The number of nitrogens with one attached hydrogen (secondary N) is 1. The highest BCUT2D eigenvalue weighted by Gasteiger charge is 2.31. The van der Waals surface area contributed by atoms with Crippen LogP contribution in [0, 0.1) is 0 Å². The van der Waals surface area contributed by atoms with Crippen LogP contribution in [0.1, 0.15) is 17.2 Å². The first kappa shape index (κ1) is 15.2. The van der Waals surface area contributed by atoms with Crippen molar-refractivity contribution in [2.45, 2.75) is 16.4 Å². The average Bonchev–Trinajstić information content (AvgIpc) is 2.39. The third kappa shape index (κ3) is 3.91. The summed E-state index contributed by atoms with van der Waals surface area (Å²) in [6.45, 7) is -0.247. The Morgan fingerprint density at radius 2 is 2.10 bits per heavy atom. The van der Waals surface area contributed by atoms with Crippen molar-refractivity contribution in [3.8, 4) is 0 Å². The molecule has 1 aromatic rings. The fourth-order valence-corrected chi connectivity index (χ4v) is 1.91. The summed E-state index contributed by atoms with van der Waals surface area (Å²) in [5, 5.41) is 2.39. The number of alkyl halides is 3. The Kier molecular flexibility index (Phi) is 4.62. The van der Waals surface area contributed by atoms with Gasteiger partial charge in [0.1, 0.15) is 13.2 Å². The number of fused-ring (bicyclic) bond motifs is 1. The van der Waals surface area contributed by atoms with E-state index in [1.165, 1.54) is 0 Å². The highest BCUT2D eigenvalue weighted by molar-refractivity contribution is 6.67. The zero-order valence-corrected chi connectivity index (χ0v) is 12.3. The number of hydrogen-bond donors (Lipinski definition) is 1. The van der Waals surface area contributed by atoms with Crippen molar-refractivity contribution in [1.29, 1.82) is 0 Å². The summed E-state index contributed by atoms with van der Waals surface area (Å²) in [6, 6.07) is 6.19. The summed E-state index contributed by atoms with van der Waals surface area (Å²) in [5.74, 6) is -0.561. The molecule has 20 heavy (non-hydrogen) atoms. The molecule has 0 aromatic heterocycles. The van der Waals surface area contributed by atoms with Gasteiger partial charge in [0.25, 0.3) is 0 Å². The molecule has 2 rings (SSSR count). The summed E-state index contributed by atoms with van der Waals surface area (Å²) in [6.07, 6.45) is -0.866. The van der Waals surface area contributed by atoms with Gasteiger partial charge in [-0.05, 0) is 11.1 Å². The fourth-order valence-electron chi connectivity index (χ4n) is 1.75. The molecule has 1 unspecified atom stereocenters. The van der Waals surface area contributed by atoms with Crippen LogP contribution in [0.3, 0.4) is 0 Å². The van der Waals surface area contributed by atoms with Crippen LogP contribution in [0.15, 0.2) is 24.3 Å². The Morgan fingerprint density at radius 3 is 2.80 bits per heavy atom. The normalized spacial score (nSPS) is 17.9. The molecule has 1 heterocycles. The quantitative estimate of drug-likeness (QED) is 0.665. The number of esters is 1. The maximum atomic E-state index is 11.7. The maximum Gasteiger partial charge on any atom is 0.408 e. The van der Waals surface area contributed by atoms with Gasteiger partial charge in [-0.15, -0.1) is 0 Å². The van der Waals surface area contributed by atoms with E-state index in [1.54, 1.807) is 12.1 Å². The second kappa shape index (κ2) is 6.08. The molecule has 1 atom stereocenters. The molecule has 1 aliphatic rings. The first-order chi connectivity index (χ1) is 9.37. The second-order valence-corrected chi connectivity index (χ2v) is 6.59. The molecule has 1 N–H and O–H groups in total. The van der Waals surface area contributed by atoms with Crippen LogP contribution in [0.2, 0.25) is 0 Å². The summed E-state index contributed by atoms with van der Waals surface area (Å²) in [5.41, 5.74) is 1.48. The molecule has 1 amide bonds. The number of benzene rings is 1. The van der Waals surface area contributed by atoms with E-state index in [1.807, 2.05) is 12.1 Å². The molecule has 0 spiro atoms. The standard InChI is InChI=1S/C12H10Cl3NO4/c13-12(14,15)6-20-11(18)16-9-8-4-2-1-3-7(8)5-19-10(9)17/h1-4,9H,5-6H2,(H,16,18). The van der Waals surface area contributed by atoms with E-state index in [4.69, 9.17) is 44.3 Å². The van der Waals surface area contributed by atoms with Crippen LogP contribution >= 0.6 is 34.8 Å². The van der Waals surface area contributed by atoms with Crippen LogP contribution in [-0.4, -0.2) is 22.5 Å². The van der Waals surface area contributed by atoms with E-state index in [0.717, 1.165) is 5.56 Å². The lowest BCUT2D eigenvalue weighted by atomic mass is 9.99. The molecule has 0 radical (unpaired) electrons. The van der Waals surface area contributed by atoms with E-state index >= 15 is 0 Å².